The van der Waals surface area contributed by atoms with Gasteiger partial charge in [-0.2, -0.15) is 0 Å². The zero-order valence-corrected chi connectivity index (χ0v) is 29.5. The fourth-order valence-corrected chi connectivity index (χ4v) is 8.27. The van der Waals surface area contributed by atoms with Crippen molar-refractivity contribution in [1.82, 2.24) is 9.13 Å². The van der Waals surface area contributed by atoms with E-state index in [4.69, 9.17) is 19.2 Å². The molecule has 8 rings (SSSR count). The van der Waals surface area contributed by atoms with Crippen molar-refractivity contribution in [2.24, 2.45) is 4.99 Å². The minimum Gasteiger partial charge on any atom is -0.497 e. The predicted octanol–water partition coefficient (Wildman–Crippen LogP) is 7.12. The number of thiazole rings is 1. The van der Waals surface area contributed by atoms with Gasteiger partial charge in [-0.1, -0.05) is 84.1 Å². The molecule has 1 aliphatic heterocycles. The van der Waals surface area contributed by atoms with E-state index in [1.165, 1.54) is 27.7 Å². The van der Waals surface area contributed by atoms with Crippen LogP contribution in [-0.4, -0.2) is 35.9 Å². The summed E-state index contributed by atoms with van der Waals surface area (Å²) in [4.78, 5) is 33.7. The number of hydrogen-bond donors (Lipinski definition) is 0. The molecule has 0 radical (unpaired) electrons. The lowest BCUT2D eigenvalue weighted by molar-refractivity contribution is -0.139. The fourth-order valence-electron chi connectivity index (χ4n) is 7.23. The normalized spacial score (nSPS) is 14.6. The summed E-state index contributed by atoms with van der Waals surface area (Å²) in [7, 11) is 3.19. The summed E-state index contributed by atoms with van der Waals surface area (Å²) in [5.74, 6) is 0.641. The van der Waals surface area contributed by atoms with Crippen LogP contribution in [0.5, 0.6) is 11.5 Å². The van der Waals surface area contributed by atoms with Crippen LogP contribution in [0.1, 0.15) is 36.6 Å². The lowest BCUT2D eigenvalue weighted by atomic mass is 9.90. The smallest absolute Gasteiger partial charge is 0.338 e. The molecule has 0 bridgehead atoms. The Bertz CT molecular complexity index is 2720. The molecule has 1 atom stereocenters. The average molecular weight is 694 g/mol. The second-order valence-corrected chi connectivity index (χ2v) is 13.4. The van der Waals surface area contributed by atoms with Crippen LogP contribution in [0.4, 0.5) is 0 Å². The molecule has 0 fully saturated rings. The highest BCUT2D eigenvalue weighted by molar-refractivity contribution is 7.07. The molecule has 0 spiro atoms. The van der Waals surface area contributed by atoms with Crippen molar-refractivity contribution < 1.29 is 19.0 Å². The molecule has 0 saturated heterocycles. The average Bonchev–Trinajstić information content (AvgIpc) is 3.65. The van der Waals surface area contributed by atoms with Gasteiger partial charge in [0.2, 0.25) is 0 Å². The Morgan fingerprint density at radius 3 is 2.43 bits per heavy atom. The summed E-state index contributed by atoms with van der Waals surface area (Å²) >= 11 is 1.30. The van der Waals surface area contributed by atoms with E-state index in [0.29, 0.717) is 38.6 Å². The highest BCUT2D eigenvalue weighted by atomic mass is 32.1. The molecule has 5 aromatic carbocycles. The molecule has 0 amide bonds. The zero-order chi connectivity index (χ0) is 35.2. The number of methoxy groups -OCH3 is 2. The third kappa shape index (κ3) is 5.50. The molecule has 2 aromatic heterocycles. The number of ether oxygens (including phenoxy) is 3. The van der Waals surface area contributed by atoms with Crippen molar-refractivity contribution in [2.45, 2.75) is 26.4 Å². The van der Waals surface area contributed by atoms with Crippen LogP contribution in [0.25, 0.3) is 38.5 Å². The SMILES string of the molecule is CCOC(=O)C1=C(C)N=c2s/c(=C\c3cn(Cc4cccc5ccccc45)c4ccccc34)c(=O)n2C1c1c(OC)ccc2ccc(OC)cc12. The maximum absolute atomic E-state index is 14.7. The van der Waals surface area contributed by atoms with Crippen LogP contribution < -0.4 is 24.4 Å². The Morgan fingerprint density at radius 1 is 0.882 bits per heavy atom. The second kappa shape index (κ2) is 13.1. The number of allylic oxidation sites excluding steroid dienone is 1. The van der Waals surface area contributed by atoms with Gasteiger partial charge in [0.1, 0.15) is 17.5 Å². The van der Waals surface area contributed by atoms with Crippen molar-refractivity contribution in [3.63, 3.8) is 0 Å². The lowest BCUT2D eigenvalue weighted by Crippen LogP contribution is -2.40. The third-order valence-corrected chi connectivity index (χ3v) is 10.6. The van der Waals surface area contributed by atoms with E-state index < -0.39 is 12.0 Å². The summed E-state index contributed by atoms with van der Waals surface area (Å²) in [5, 5.41) is 5.14. The Hall–Kier alpha value is -5.93. The third-order valence-electron chi connectivity index (χ3n) is 9.57. The number of carbonyl (C=O) groups excluding carboxylic acids is 1. The van der Waals surface area contributed by atoms with Crippen molar-refractivity contribution >= 4 is 55.8 Å². The molecule has 9 heteroatoms. The number of benzene rings is 5. The molecule has 1 unspecified atom stereocenters. The summed E-state index contributed by atoms with van der Waals surface area (Å²) in [6.45, 7) is 4.40. The molecule has 51 heavy (non-hydrogen) atoms. The molecule has 1 aliphatic rings. The number of carbonyl (C=O) groups is 1. The van der Waals surface area contributed by atoms with E-state index in [-0.39, 0.29) is 17.7 Å². The summed E-state index contributed by atoms with van der Waals surface area (Å²) in [6, 6.07) is 31.7. The molecular weight excluding hydrogens is 659 g/mol. The fraction of sp³-hybridized carbons (Fsp3) is 0.167. The molecule has 3 heterocycles. The Kier molecular flexibility index (Phi) is 8.28. The number of aromatic nitrogens is 2. The Morgan fingerprint density at radius 2 is 1.63 bits per heavy atom. The van der Waals surface area contributed by atoms with Crippen molar-refractivity contribution in [2.75, 3.05) is 20.8 Å². The van der Waals surface area contributed by atoms with Gasteiger partial charge in [0.15, 0.2) is 4.80 Å². The minimum absolute atomic E-state index is 0.177. The first-order valence-electron chi connectivity index (χ1n) is 16.8. The summed E-state index contributed by atoms with van der Waals surface area (Å²) in [5.41, 5.74) is 4.37. The lowest BCUT2D eigenvalue weighted by Gasteiger charge is -2.27. The van der Waals surface area contributed by atoms with Crippen LogP contribution in [0, 0.1) is 0 Å². The first kappa shape index (κ1) is 32.3. The number of esters is 1. The van der Waals surface area contributed by atoms with E-state index in [1.54, 1.807) is 32.6 Å². The van der Waals surface area contributed by atoms with Crippen LogP contribution in [0.15, 0.2) is 124 Å². The molecular formula is C42H35N3O5S. The van der Waals surface area contributed by atoms with Gasteiger partial charge in [0.25, 0.3) is 5.56 Å². The highest BCUT2D eigenvalue weighted by Crippen LogP contribution is 2.41. The minimum atomic E-state index is -0.860. The topological polar surface area (TPSA) is 84.1 Å². The monoisotopic (exact) mass is 693 g/mol. The van der Waals surface area contributed by atoms with Gasteiger partial charge < -0.3 is 18.8 Å². The standard InChI is InChI=1S/C42H35N3O5S/c1-5-50-41(47)37-25(2)43-42-45(39(37)38-33-22-30(48-3)19-17-27(33)18-20-35(38)49-4)40(46)36(51-42)21-29-24-44(34-16-9-8-15-32(29)34)23-28-13-10-12-26-11-6-7-14-31(26)28/h6-22,24,39H,5,23H2,1-4H3/b36-21-. The Labute approximate surface area is 297 Å². The first-order chi connectivity index (χ1) is 24.9. The summed E-state index contributed by atoms with van der Waals surface area (Å²) < 4.78 is 21.4. The van der Waals surface area contributed by atoms with Crippen molar-refractivity contribution in [3.05, 3.63) is 151 Å². The van der Waals surface area contributed by atoms with E-state index >= 15 is 0 Å². The van der Waals surface area contributed by atoms with E-state index in [9.17, 15) is 9.59 Å². The predicted molar refractivity (Wildman–Crippen MR) is 202 cm³/mol. The first-order valence-corrected chi connectivity index (χ1v) is 17.6. The molecule has 0 N–H and O–H groups in total. The molecule has 0 saturated carbocycles. The van der Waals surface area contributed by atoms with Gasteiger partial charge in [-0.15, -0.1) is 0 Å². The van der Waals surface area contributed by atoms with Gasteiger partial charge in [-0.25, -0.2) is 9.79 Å². The van der Waals surface area contributed by atoms with Gasteiger partial charge in [-0.05, 0) is 71.3 Å². The number of hydrogen-bond acceptors (Lipinski definition) is 7. The van der Waals surface area contributed by atoms with Crippen molar-refractivity contribution in [1.29, 1.82) is 0 Å². The zero-order valence-electron chi connectivity index (χ0n) is 28.7. The molecule has 254 valence electrons. The highest BCUT2D eigenvalue weighted by Gasteiger charge is 2.36. The molecule has 7 aromatic rings. The maximum Gasteiger partial charge on any atom is 0.338 e. The number of para-hydroxylation sites is 1. The number of rotatable bonds is 8. The van der Waals surface area contributed by atoms with Gasteiger partial charge in [-0.3, -0.25) is 9.36 Å². The van der Waals surface area contributed by atoms with Crippen LogP contribution in [0.2, 0.25) is 0 Å². The van der Waals surface area contributed by atoms with E-state index in [0.717, 1.165) is 27.2 Å². The molecule has 0 aliphatic carbocycles. The van der Waals surface area contributed by atoms with Crippen molar-refractivity contribution in [3.8, 4) is 11.5 Å². The second-order valence-electron chi connectivity index (χ2n) is 12.4. The molecule has 8 nitrogen and oxygen atoms in total. The largest absolute Gasteiger partial charge is 0.497 e. The van der Waals surface area contributed by atoms with E-state index in [1.807, 2.05) is 48.5 Å². The number of nitrogens with zero attached hydrogens (tertiary/aromatic N) is 3. The maximum atomic E-state index is 14.7. The van der Waals surface area contributed by atoms with Crippen LogP contribution in [0.3, 0.4) is 0 Å². The summed E-state index contributed by atoms with van der Waals surface area (Å²) in [6.07, 6.45) is 4.05. The van der Waals surface area contributed by atoms with Gasteiger partial charge >= 0.3 is 5.97 Å². The number of fused-ring (bicyclic) bond motifs is 4. The van der Waals surface area contributed by atoms with Gasteiger partial charge in [0.05, 0.1) is 36.6 Å². The van der Waals surface area contributed by atoms with E-state index in [2.05, 4.69) is 65.4 Å². The van der Waals surface area contributed by atoms with Crippen LogP contribution in [-0.2, 0) is 16.1 Å². The van der Waals surface area contributed by atoms with Gasteiger partial charge in [0, 0.05) is 34.8 Å². The van der Waals surface area contributed by atoms with Crippen LogP contribution >= 0.6 is 11.3 Å². The Balaban J connectivity index is 1.34. The quantitative estimate of drug-likeness (QED) is 0.158.